The minimum absolute atomic E-state index is 0.377. The van der Waals surface area contributed by atoms with E-state index in [0.29, 0.717) is 24.4 Å². The number of fused-ring (bicyclic) bond motifs is 1. The van der Waals surface area contributed by atoms with Gasteiger partial charge in [-0.3, -0.25) is 9.59 Å². The van der Waals surface area contributed by atoms with Crippen LogP contribution in [-0.4, -0.2) is 29.7 Å². The summed E-state index contributed by atoms with van der Waals surface area (Å²) in [6.07, 6.45) is 1.86. The molecule has 3 rings (SSSR count). The van der Waals surface area contributed by atoms with E-state index in [1.165, 1.54) is 0 Å². The zero-order chi connectivity index (χ0) is 16.4. The molecule has 2 aromatic rings. The predicted octanol–water partition coefficient (Wildman–Crippen LogP) is 2.87. The summed E-state index contributed by atoms with van der Waals surface area (Å²) < 4.78 is 5.70. The van der Waals surface area contributed by atoms with Crippen LogP contribution in [0.15, 0.2) is 34.7 Å². The summed E-state index contributed by atoms with van der Waals surface area (Å²) in [5, 5.41) is 10.2. The molecule has 2 heterocycles. The average Bonchev–Trinajstić information content (AvgIpc) is 3.23. The van der Waals surface area contributed by atoms with Crippen LogP contribution in [0.2, 0.25) is 0 Å². The van der Waals surface area contributed by atoms with E-state index in [1.807, 2.05) is 30.3 Å². The summed E-state index contributed by atoms with van der Waals surface area (Å²) in [7, 11) is 0. The van der Waals surface area contributed by atoms with Gasteiger partial charge in [0.05, 0.1) is 12.0 Å². The number of ketones is 1. The van der Waals surface area contributed by atoms with E-state index in [2.05, 4.69) is 0 Å². The van der Waals surface area contributed by atoms with Crippen LogP contribution in [0.5, 0.6) is 0 Å². The third-order valence-corrected chi connectivity index (χ3v) is 4.38. The van der Waals surface area contributed by atoms with Gasteiger partial charge in [-0.1, -0.05) is 18.2 Å². The van der Waals surface area contributed by atoms with Crippen LogP contribution >= 0.6 is 0 Å². The first-order valence-electron chi connectivity index (χ1n) is 7.82. The van der Waals surface area contributed by atoms with Crippen LogP contribution in [0.3, 0.4) is 0 Å². The van der Waals surface area contributed by atoms with Crippen molar-refractivity contribution in [3.8, 4) is 6.07 Å². The van der Waals surface area contributed by atoms with Crippen LogP contribution in [-0.2, 0) is 9.59 Å². The fraction of sp³-hybridized carbons (Fsp3) is 0.389. The van der Waals surface area contributed by atoms with Gasteiger partial charge in [-0.05, 0) is 31.9 Å². The Morgan fingerprint density at radius 2 is 1.96 bits per heavy atom. The van der Waals surface area contributed by atoms with Gasteiger partial charge in [0.1, 0.15) is 11.3 Å². The molecule has 1 saturated heterocycles. The zero-order valence-corrected chi connectivity index (χ0v) is 13.0. The molecule has 0 radical (unpaired) electrons. The lowest BCUT2D eigenvalue weighted by molar-refractivity contribution is -0.138. The van der Waals surface area contributed by atoms with Gasteiger partial charge in [0, 0.05) is 18.5 Å². The highest BCUT2D eigenvalue weighted by Crippen LogP contribution is 2.28. The first-order valence-corrected chi connectivity index (χ1v) is 7.82. The Kier molecular flexibility index (Phi) is 4.16. The molecule has 2 unspecified atom stereocenters. The Morgan fingerprint density at radius 1 is 1.26 bits per heavy atom. The number of rotatable bonds is 4. The van der Waals surface area contributed by atoms with Gasteiger partial charge in [-0.15, -0.1) is 0 Å². The van der Waals surface area contributed by atoms with E-state index in [0.717, 1.165) is 18.2 Å². The molecule has 1 aromatic heterocycles. The zero-order valence-electron chi connectivity index (χ0n) is 13.0. The van der Waals surface area contributed by atoms with Gasteiger partial charge in [0.15, 0.2) is 11.7 Å². The Balaban J connectivity index is 1.82. The van der Waals surface area contributed by atoms with E-state index in [9.17, 15) is 14.9 Å². The molecule has 1 aliphatic heterocycles. The summed E-state index contributed by atoms with van der Waals surface area (Å²) >= 11 is 0. The van der Waals surface area contributed by atoms with Gasteiger partial charge in [-0.25, -0.2) is 0 Å². The highest BCUT2D eigenvalue weighted by Gasteiger charge is 2.36. The number of carbonyl (C=O) groups is 2. The minimum Gasteiger partial charge on any atom is -0.460 e. The van der Waals surface area contributed by atoms with Crippen molar-refractivity contribution in [2.75, 3.05) is 13.1 Å². The summed E-state index contributed by atoms with van der Waals surface area (Å²) in [6.45, 7) is 2.94. The van der Waals surface area contributed by atoms with Gasteiger partial charge >= 0.3 is 0 Å². The van der Waals surface area contributed by atoms with E-state index in [-0.39, 0.29) is 5.91 Å². The number of likely N-dealkylation sites (tertiary alicyclic amines) is 1. The Labute approximate surface area is 134 Å². The van der Waals surface area contributed by atoms with Crippen LogP contribution in [0.25, 0.3) is 11.0 Å². The van der Waals surface area contributed by atoms with Crippen molar-refractivity contribution in [2.45, 2.75) is 25.7 Å². The van der Waals surface area contributed by atoms with E-state index in [4.69, 9.17) is 4.42 Å². The first kappa shape index (κ1) is 15.3. The first-order chi connectivity index (χ1) is 11.1. The molecule has 0 spiro atoms. The summed E-state index contributed by atoms with van der Waals surface area (Å²) in [6, 6.07) is 11.2. The summed E-state index contributed by atoms with van der Waals surface area (Å²) in [5.41, 5.74) is 0.696. The molecule has 0 saturated carbocycles. The van der Waals surface area contributed by atoms with Crippen LogP contribution < -0.4 is 0 Å². The molecule has 5 nitrogen and oxygen atoms in total. The second kappa shape index (κ2) is 6.25. The molecule has 2 atom stereocenters. The number of benzene rings is 1. The molecule has 1 aliphatic rings. The van der Waals surface area contributed by atoms with Crippen molar-refractivity contribution < 1.29 is 14.0 Å². The normalized spacial score (nSPS) is 17.0. The fourth-order valence-corrected chi connectivity index (χ4v) is 2.97. The number of hydrogen-bond donors (Lipinski definition) is 0. The molecule has 0 aliphatic carbocycles. The lowest BCUT2D eigenvalue weighted by Crippen LogP contribution is -2.38. The Hall–Kier alpha value is -2.61. The number of para-hydroxylation sites is 1. The lowest BCUT2D eigenvalue weighted by Gasteiger charge is -2.19. The Morgan fingerprint density at radius 3 is 2.61 bits per heavy atom. The topological polar surface area (TPSA) is 74.3 Å². The third-order valence-electron chi connectivity index (χ3n) is 4.38. The molecule has 0 bridgehead atoms. The molecule has 5 heteroatoms. The monoisotopic (exact) mass is 310 g/mol. The highest BCUT2D eigenvalue weighted by molar-refractivity contribution is 6.06. The standard InChI is InChI=1S/C18H18N2O3/c1-12(16-10-13-6-2-3-7-15(13)23-16)17(21)14(11-19)18(22)20-8-4-5-9-20/h2-3,6-7,10,12,14H,4-5,8-9H2,1H3. The van der Waals surface area contributed by atoms with E-state index >= 15 is 0 Å². The van der Waals surface area contributed by atoms with Crippen LogP contribution in [0.4, 0.5) is 0 Å². The van der Waals surface area contributed by atoms with Crippen molar-refractivity contribution in [3.05, 3.63) is 36.1 Å². The van der Waals surface area contributed by atoms with Gasteiger partial charge in [0.2, 0.25) is 5.91 Å². The molecular weight excluding hydrogens is 292 g/mol. The lowest BCUT2D eigenvalue weighted by atomic mass is 9.92. The molecular formula is C18H18N2O3. The molecule has 1 fully saturated rings. The second-order valence-electron chi connectivity index (χ2n) is 5.91. The van der Waals surface area contributed by atoms with Gasteiger partial charge in [0.25, 0.3) is 0 Å². The molecule has 23 heavy (non-hydrogen) atoms. The smallest absolute Gasteiger partial charge is 0.247 e. The maximum absolute atomic E-state index is 12.6. The molecule has 1 amide bonds. The number of nitrogens with zero attached hydrogens (tertiary/aromatic N) is 2. The van der Waals surface area contributed by atoms with Crippen molar-refractivity contribution in [1.29, 1.82) is 5.26 Å². The number of hydrogen-bond acceptors (Lipinski definition) is 4. The SMILES string of the molecule is CC(C(=O)C(C#N)C(=O)N1CCCC1)c1cc2ccccc2o1. The van der Waals surface area contributed by atoms with Crippen LogP contribution in [0.1, 0.15) is 31.4 Å². The minimum atomic E-state index is -1.25. The second-order valence-corrected chi connectivity index (χ2v) is 5.91. The Bertz CT molecular complexity index is 748. The van der Waals surface area contributed by atoms with Crippen molar-refractivity contribution in [1.82, 2.24) is 4.90 Å². The van der Waals surface area contributed by atoms with Crippen molar-refractivity contribution in [2.24, 2.45) is 5.92 Å². The number of amides is 1. The predicted molar refractivity (Wildman–Crippen MR) is 84.6 cm³/mol. The van der Waals surface area contributed by atoms with Crippen molar-refractivity contribution >= 4 is 22.7 Å². The van der Waals surface area contributed by atoms with E-state index < -0.39 is 17.6 Å². The molecule has 118 valence electrons. The number of Topliss-reactive ketones (excluding diaryl/α,β-unsaturated/α-hetero) is 1. The number of nitriles is 1. The van der Waals surface area contributed by atoms with E-state index in [1.54, 1.807) is 17.9 Å². The maximum Gasteiger partial charge on any atom is 0.247 e. The number of carbonyl (C=O) groups excluding carboxylic acids is 2. The summed E-state index contributed by atoms with van der Waals surface area (Å²) in [4.78, 5) is 26.6. The maximum atomic E-state index is 12.6. The molecule has 1 aromatic carbocycles. The van der Waals surface area contributed by atoms with Gasteiger partial charge in [-0.2, -0.15) is 5.26 Å². The summed E-state index contributed by atoms with van der Waals surface area (Å²) in [5.74, 6) is -2.16. The number of furan rings is 1. The highest BCUT2D eigenvalue weighted by atomic mass is 16.3. The average molecular weight is 310 g/mol. The largest absolute Gasteiger partial charge is 0.460 e. The quantitative estimate of drug-likeness (QED) is 0.814. The fourth-order valence-electron chi connectivity index (χ4n) is 2.97. The van der Waals surface area contributed by atoms with Gasteiger partial charge < -0.3 is 9.32 Å². The van der Waals surface area contributed by atoms with Crippen molar-refractivity contribution in [3.63, 3.8) is 0 Å². The third kappa shape index (κ3) is 2.85. The molecule has 0 N–H and O–H groups in total. The van der Waals surface area contributed by atoms with Crippen LogP contribution in [0, 0.1) is 17.2 Å².